The molecule has 106 valence electrons. The molecule has 1 saturated carbocycles. The van der Waals surface area contributed by atoms with Gasteiger partial charge in [0.05, 0.1) is 11.5 Å². The van der Waals surface area contributed by atoms with Gasteiger partial charge in [-0.3, -0.25) is 0 Å². The van der Waals surface area contributed by atoms with Gasteiger partial charge >= 0.3 is 0 Å². The van der Waals surface area contributed by atoms with Crippen LogP contribution in [0.1, 0.15) is 24.0 Å². The average Bonchev–Trinajstić information content (AvgIpc) is 2.48. The highest BCUT2D eigenvalue weighted by Crippen LogP contribution is 2.44. The molecule has 2 aromatic carbocycles. The van der Waals surface area contributed by atoms with Crippen LogP contribution in [-0.2, 0) is 5.41 Å². The second-order valence-corrected chi connectivity index (χ2v) is 5.72. The number of rotatable bonds is 3. The Balaban J connectivity index is 1.73. The van der Waals surface area contributed by atoms with Crippen molar-refractivity contribution >= 4 is 5.69 Å². The van der Waals surface area contributed by atoms with E-state index in [1.165, 1.54) is 6.07 Å². The predicted octanol–water partition coefficient (Wildman–Crippen LogP) is 4.17. The van der Waals surface area contributed by atoms with Crippen LogP contribution in [-0.4, -0.2) is 6.04 Å². The maximum absolute atomic E-state index is 13.5. The Labute approximate surface area is 124 Å². The van der Waals surface area contributed by atoms with Crippen LogP contribution < -0.4 is 5.32 Å². The number of nitrogens with zero attached hydrogens (tertiary/aromatic N) is 1. The monoisotopic (exact) mass is 280 g/mol. The fraction of sp³-hybridized carbons (Fsp3) is 0.278. The zero-order chi connectivity index (χ0) is 14.9. The molecule has 0 saturated heterocycles. The second kappa shape index (κ2) is 5.21. The molecule has 0 aromatic heterocycles. The summed E-state index contributed by atoms with van der Waals surface area (Å²) in [5, 5.41) is 12.9. The van der Waals surface area contributed by atoms with Crippen molar-refractivity contribution in [3.8, 4) is 6.07 Å². The molecule has 3 rings (SSSR count). The Hall–Kier alpha value is -2.34. The number of nitrogens with one attached hydrogen (secondary N) is 1. The van der Waals surface area contributed by atoms with Gasteiger partial charge in [0.2, 0.25) is 0 Å². The van der Waals surface area contributed by atoms with Crippen LogP contribution in [0.2, 0.25) is 0 Å². The van der Waals surface area contributed by atoms with Gasteiger partial charge in [-0.05, 0) is 37.5 Å². The Morgan fingerprint density at radius 3 is 2.52 bits per heavy atom. The van der Waals surface area contributed by atoms with Crippen molar-refractivity contribution in [3.05, 3.63) is 65.5 Å². The molecule has 2 aromatic rings. The van der Waals surface area contributed by atoms with Gasteiger partial charge in [-0.25, -0.2) is 4.39 Å². The fourth-order valence-electron chi connectivity index (χ4n) is 3.02. The molecule has 0 atom stereocenters. The number of halogens is 1. The number of benzene rings is 2. The Kier molecular flexibility index (Phi) is 3.39. The molecule has 21 heavy (non-hydrogen) atoms. The highest BCUT2D eigenvalue weighted by Gasteiger charge is 2.46. The lowest BCUT2D eigenvalue weighted by Crippen LogP contribution is -2.47. The minimum Gasteiger partial charge on any atom is -0.382 e. The summed E-state index contributed by atoms with van der Waals surface area (Å²) < 4.78 is 13.5. The molecule has 2 nitrogen and oxygen atoms in total. The van der Waals surface area contributed by atoms with Gasteiger partial charge in [-0.2, -0.15) is 5.26 Å². The summed E-state index contributed by atoms with van der Waals surface area (Å²) >= 11 is 0. The maximum Gasteiger partial charge on any atom is 0.128 e. The van der Waals surface area contributed by atoms with Crippen LogP contribution in [0.4, 0.5) is 10.1 Å². The Bertz CT molecular complexity index is 682. The SMILES string of the molecule is Cc1c(F)cccc1NC1CC(C#N)(c2ccccc2)C1. The summed E-state index contributed by atoms with van der Waals surface area (Å²) in [6.07, 6.45) is 1.51. The molecule has 0 amide bonds. The van der Waals surface area contributed by atoms with Crippen molar-refractivity contribution in [3.63, 3.8) is 0 Å². The third-order valence-corrected chi connectivity index (χ3v) is 4.36. The molecule has 0 aliphatic heterocycles. The van der Waals surface area contributed by atoms with Crippen LogP contribution in [0.15, 0.2) is 48.5 Å². The Morgan fingerprint density at radius 2 is 1.86 bits per heavy atom. The van der Waals surface area contributed by atoms with E-state index in [-0.39, 0.29) is 11.9 Å². The van der Waals surface area contributed by atoms with E-state index in [0.717, 1.165) is 24.1 Å². The van der Waals surface area contributed by atoms with Gasteiger partial charge in [-0.1, -0.05) is 36.4 Å². The quantitative estimate of drug-likeness (QED) is 0.916. The first-order chi connectivity index (χ1) is 10.1. The average molecular weight is 280 g/mol. The van der Waals surface area contributed by atoms with E-state index >= 15 is 0 Å². The summed E-state index contributed by atoms with van der Waals surface area (Å²) in [4.78, 5) is 0. The van der Waals surface area contributed by atoms with Crippen LogP contribution in [0.5, 0.6) is 0 Å². The zero-order valence-electron chi connectivity index (χ0n) is 11.9. The van der Waals surface area contributed by atoms with E-state index < -0.39 is 5.41 Å². The topological polar surface area (TPSA) is 35.8 Å². The normalized spacial score (nSPS) is 24.0. The summed E-state index contributed by atoms with van der Waals surface area (Å²) in [5.41, 5.74) is 2.12. The molecule has 0 spiro atoms. The number of anilines is 1. The minimum absolute atomic E-state index is 0.200. The van der Waals surface area contributed by atoms with Crippen LogP contribution >= 0.6 is 0 Å². The molecule has 1 aliphatic carbocycles. The molecule has 1 N–H and O–H groups in total. The van der Waals surface area contributed by atoms with Crippen molar-refractivity contribution in [2.24, 2.45) is 0 Å². The first kappa shape index (κ1) is 13.6. The van der Waals surface area contributed by atoms with Crippen molar-refractivity contribution in [2.75, 3.05) is 5.32 Å². The van der Waals surface area contributed by atoms with Crippen molar-refractivity contribution in [1.29, 1.82) is 5.26 Å². The maximum atomic E-state index is 13.5. The smallest absolute Gasteiger partial charge is 0.128 e. The van der Waals surface area contributed by atoms with Gasteiger partial charge < -0.3 is 5.32 Å². The first-order valence-corrected chi connectivity index (χ1v) is 7.13. The van der Waals surface area contributed by atoms with Crippen LogP contribution in [0.25, 0.3) is 0 Å². The van der Waals surface area contributed by atoms with Gasteiger partial charge in [0.15, 0.2) is 0 Å². The molecule has 0 bridgehead atoms. The van der Waals surface area contributed by atoms with Gasteiger partial charge in [0, 0.05) is 17.3 Å². The van der Waals surface area contributed by atoms with Gasteiger partial charge in [0.1, 0.15) is 5.82 Å². The van der Waals surface area contributed by atoms with E-state index in [4.69, 9.17) is 0 Å². The van der Waals surface area contributed by atoms with Crippen LogP contribution in [0.3, 0.4) is 0 Å². The number of hydrogen-bond acceptors (Lipinski definition) is 2. The molecular weight excluding hydrogens is 263 g/mol. The number of hydrogen-bond donors (Lipinski definition) is 1. The summed E-state index contributed by atoms with van der Waals surface area (Å²) in [7, 11) is 0. The molecule has 1 aliphatic rings. The lowest BCUT2D eigenvalue weighted by atomic mass is 9.62. The van der Waals surface area contributed by atoms with Crippen LogP contribution in [0, 0.1) is 24.1 Å². The highest BCUT2D eigenvalue weighted by molar-refractivity contribution is 5.53. The summed E-state index contributed by atoms with van der Waals surface area (Å²) in [6.45, 7) is 1.77. The summed E-state index contributed by atoms with van der Waals surface area (Å²) in [5.74, 6) is -0.200. The molecule has 0 radical (unpaired) electrons. The van der Waals surface area contributed by atoms with E-state index in [1.807, 2.05) is 36.4 Å². The van der Waals surface area contributed by atoms with E-state index in [2.05, 4.69) is 11.4 Å². The highest BCUT2D eigenvalue weighted by atomic mass is 19.1. The van der Waals surface area contributed by atoms with E-state index in [9.17, 15) is 9.65 Å². The molecule has 0 unspecified atom stereocenters. The molecular formula is C18H17FN2. The minimum atomic E-state index is -0.403. The predicted molar refractivity (Wildman–Crippen MR) is 81.5 cm³/mol. The molecule has 1 fully saturated rings. The first-order valence-electron chi connectivity index (χ1n) is 7.13. The lowest BCUT2D eigenvalue weighted by Gasteiger charge is -2.44. The Morgan fingerprint density at radius 1 is 1.14 bits per heavy atom. The third-order valence-electron chi connectivity index (χ3n) is 4.36. The van der Waals surface area contributed by atoms with E-state index in [1.54, 1.807) is 13.0 Å². The van der Waals surface area contributed by atoms with E-state index in [0.29, 0.717) is 5.56 Å². The van der Waals surface area contributed by atoms with Crippen molar-refractivity contribution in [2.45, 2.75) is 31.2 Å². The molecule has 0 heterocycles. The molecule has 3 heteroatoms. The largest absolute Gasteiger partial charge is 0.382 e. The number of nitriles is 1. The zero-order valence-corrected chi connectivity index (χ0v) is 11.9. The van der Waals surface area contributed by atoms with Gasteiger partial charge in [-0.15, -0.1) is 0 Å². The second-order valence-electron chi connectivity index (χ2n) is 5.72. The van der Waals surface area contributed by atoms with Gasteiger partial charge in [0.25, 0.3) is 0 Å². The third kappa shape index (κ3) is 2.38. The lowest BCUT2D eigenvalue weighted by molar-refractivity contribution is 0.289. The summed E-state index contributed by atoms with van der Waals surface area (Å²) in [6, 6.07) is 17.6. The fourth-order valence-corrected chi connectivity index (χ4v) is 3.02. The van der Waals surface area contributed by atoms with Crippen molar-refractivity contribution in [1.82, 2.24) is 0 Å². The standard InChI is InChI=1S/C18H17FN2/c1-13-16(19)8-5-9-17(13)21-15-10-18(11-15,12-20)14-6-3-2-4-7-14/h2-9,15,21H,10-11H2,1H3. The van der Waals surface area contributed by atoms with Crippen molar-refractivity contribution < 1.29 is 4.39 Å².